The van der Waals surface area contributed by atoms with E-state index in [-0.39, 0.29) is 36.0 Å². The summed E-state index contributed by atoms with van der Waals surface area (Å²) in [5.41, 5.74) is 5.44. The lowest BCUT2D eigenvalue weighted by Gasteiger charge is -2.29. The zero-order valence-electron chi connectivity index (χ0n) is 26.8. The third kappa shape index (κ3) is 5.25. The van der Waals surface area contributed by atoms with E-state index in [9.17, 15) is 9.59 Å². The van der Waals surface area contributed by atoms with E-state index in [4.69, 9.17) is 9.97 Å². The summed E-state index contributed by atoms with van der Waals surface area (Å²) in [6.45, 7) is 3.55. The molecule has 4 saturated heterocycles. The van der Waals surface area contributed by atoms with E-state index in [0.717, 1.165) is 122 Å². The summed E-state index contributed by atoms with van der Waals surface area (Å²) in [5, 5.41) is 0. The minimum Gasteiger partial charge on any atom is -0.340 e. The fourth-order valence-electron chi connectivity index (χ4n) is 8.13. The van der Waals surface area contributed by atoms with Gasteiger partial charge in [-0.3, -0.25) is 19.4 Å². The lowest BCUT2D eigenvalue weighted by Crippen LogP contribution is -2.44. The van der Waals surface area contributed by atoms with Crippen LogP contribution in [0.3, 0.4) is 0 Å². The third-order valence-corrected chi connectivity index (χ3v) is 10.7. The van der Waals surface area contributed by atoms with Gasteiger partial charge in [0.1, 0.15) is 11.6 Å². The molecular weight excluding hydrogens is 576 g/mol. The Bertz CT molecular complexity index is 1730. The van der Waals surface area contributed by atoms with Gasteiger partial charge in [-0.25, -0.2) is 9.97 Å². The number of aromatic amines is 2. The molecule has 4 aliphatic heterocycles. The second-order valence-corrected chi connectivity index (χ2v) is 13.6. The number of likely N-dealkylation sites (N-methyl/N-ethyl adjacent to an activating group) is 2. The molecule has 8 rings (SSSR count). The van der Waals surface area contributed by atoms with Crippen LogP contribution in [0.25, 0.3) is 22.1 Å². The van der Waals surface area contributed by atoms with Crippen molar-refractivity contribution in [2.45, 2.75) is 75.5 Å². The molecule has 0 aliphatic carbocycles. The predicted octanol–water partition coefficient (Wildman–Crippen LogP) is 4.35. The van der Waals surface area contributed by atoms with Gasteiger partial charge in [-0.2, -0.15) is 0 Å². The van der Waals surface area contributed by atoms with Gasteiger partial charge in [-0.05, 0) is 115 Å². The molecule has 238 valence electrons. The van der Waals surface area contributed by atoms with Crippen LogP contribution in [0.2, 0.25) is 0 Å². The molecule has 10 heteroatoms. The van der Waals surface area contributed by atoms with Gasteiger partial charge >= 0.3 is 0 Å². The maximum Gasteiger partial charge on any atom is 0.240 e. The Morgan fingerprint density at radius 3 is 1.76 bits per heavy atom. The minimum atomic E-state index is -0.00962. The maximum atomic E-state index is 13.4. The highest BCUT2D eigenvalue weighted by atomic mass is 16.2. The first-order chi connectivity index (χ1) is 22.4. The lowest BCUT2D eigenvalue weighted by molar-refractivity contribution is -0.137. The number of carbonyl (C=O) groups is 2. The quantitative estimate of drug-likeness (QED) is 0.330. The summed E-state index contributed by atoms with van der Waals surface area (Å²) in [7, 11) is 4.11. The van der Waals surface area contributed by atoms with Crippen molar-refractivity contribution >= 4 is 33.9 Å². The van der Waals surface area contributed by atoms with Gasteiger partial charge in [0.25, 0.3) is 0 Å². The highest BCUT2D eigenvalue weighted by Gasteiger charge is 2.39. The van der Waals surface area contributed by atoms with Crippen LogP contribution in [-0.2, 0) is 9.59 Å². The molecule has 1 unspecified atom stereocenters. The van der Waals surface area contributed by atoms with E-state index in [1.54, 1.807) is 0 Å². The first kappa shape index (κ1) is 29.2. The van der Waals surface area contributed by atoms with E-state index in [1.165, 1.54) is 0 Å². The van der Waals surface area contributed by atoms with E-state index >= 15 is 0 Å². The van der Waals surface area contributed by atoms with Gasteiger partial charge in [0.15, 0.2) is 0 Å². The Labute approximate surface area is 269 Å². The Kier molecular flexibility index (Phi) is 7.54. The molecule has 4 aliphatic rings. The minimum absolute atomic E-state index is 0.00654. The summed E-state index contributed by atoms with van der Waals surface area (Å²) in [4.78, 5) is 52.1. The number of rotatable bonds is 4. The van der Waals surface area contributed by atoms with E-state index in [1.807, 2.05) is 46.2 Å². The lowest BCUT2D eigenvalue weighted by atomic mass is 10.1. The van der Waals surface area contributed by atoms with Crippen molar-refractivity contribution in [1.82, 2.24) is 39.5 Å². The average molecular weight is 619 g/mol. The van der Waals surface area contributed by atoms with Crippen LogP contribution in [0.5, 0.6) is 0 Å². The zero-order valence-corrected chi connectivity index (χ0v) is 26.8. The van der Waals surface area contributed by atoms with Gasteiger partial charge in [-0.1, -0.05) is 11.8 Å². The second kappa shape index (κ2) is 11.9. The van der Waals surface area contributed by atoms with Gasteiger partial charge < -0.3 is 19.8 Å². The predicted molar refractivity (Wildman–Crippen MR) is 177 cm³/mol. The fraction of sp³-hybridized carbons (Fsp3) is 0.500. The standard InChI is InChI=1S/C36H42N8O2/c1-41-17-3-9-31(41)35(45)43-19-5-7-29(43)33-37-25-15-13-23(21-27(25)39-33)11-12-24-14-16-26-28(22-24)40-34(38-26)30-8-6-20-44(30)36(46)32-10-4-18-42(32)2/h13-16,21-22,29-32H,3-10,17-20H2,1-2H3,(H,37,39)(H,38,40)/t29-,30?,31-,32-/m0/s1. The summed E-state index contributed by atoms with van der Waals surface area (Å²) in [6.07, 6.45) is 7.89. The number of imidazole rings is 2. The van der Waals surface area contributed by atoms with Gasteiger partial charge in [0.05, 0.1) is 46.2 Å². The smallest absolute Gasteiger partial charge is 0.240 e. The average Bonchev–Trinajstić information content (AvgIpc) is 3.90. The van der Waals surface area contributed by atoms with Crippen LogP contribution in [0, 0.1) is 11.8 Å². The van der Waals surface area contributed by atoms with Crippen molar-refractivity contribution in [1.29, 1.82) is 0 Å². The van der Waals surface area contributed by atoms with Crippen LogP contribution in [0.4, 0.5) is 0 Å². The van der Waals surface area contributed by atoms with Gasteiger partial charge in [0.2, 0.25) is 11.8 Å². The monoisotopic (exact) mass is 618 g/mol. The Morgan fingerprint density at radius 2 is 1.17 bits per heavy atom. The summed E-state index contributed by atoms with van der Waals surface area (Å²) in [5.74, 6) is 8.85. The first-order valence-corrected chi connectivity index (χ1v) is 17.0. The second-order valence-electron chi connectivity index (χ2n) is 13.6. The number of amides is 2. The molecule has 4 aromatic rings. The van der Waals surface area contributed by atoms with Crippen molar-refractivity contribution in [3.05, 3.63) is 59.2 Å². The van der Waals surface area contributed by atoms with Crippen LogP contribution < -0.4 is 0 Å². The van der Waals surface area contributed by atoms with E-state index in [2.05, 4.69) is 45.7 Å². The highest BCUT2D eigenvalue weighted by Crippen LogP contribution is 2.35. The number of hydrogen-bond acceptors (Lipinski definition) is 6. The summed E-state index contributed by atoms with van der Waals surface area (Å²) >= 11 is 0. The molecule has 2 N–H and O–H groups in total. The molecule has 2 aromatic heterocycles. The molecule has 2 amide bonds. The molecule has 6 heterocycles. The van der Waals surface area contributed by atoms with Gasteiger partial charge in [-0.15, -0.1) is 0 Å². The van der Waals surface area contributed by atoms with E-state index < -0.39 is 0 Å². The van der Waals surface area contributed by atoms with Crippen molar-refractivity contribution < 1.29 is 9.59 Å². The SMILES string of the molecule is CN1CCC[C@H]1C(=O)N1CCCC1c1nc2ccc(C#Cc3ccc4[nH]c([C@@H]5CCCN5C(=O)[C@@H]5CCCN5C)nc4c3)cc2[nH]1. The summed E-state index contributed by atoms with van der Waals surface area (Å²) < 4.78 is 0. The molecule has 0 bridgehead atoms. The molecule has 10 nitrogen and oxygen atoms in total. The molecule has 0 radical (unpaired) electrons. The number of benzene rings is 2. The van der Waals surface area contributed by atoms with E-state index in [0.29, 0.717) is 0 Å². The van der Waals surface area contributed by atoms with Crippen LogP contribution >= 0.6 is 0 Å². The summed E-state index contributed by atoms with van der Waals surface area (Å²) in [6, 6.07) is 12.1. The number of H-pyrrole nitrogens is 2. The molecule has 4 atom stereocenters. The van der Waals surface area contributed by atoms with Crippen LogP contribution in [-0.4, -0.2) is 104 Å². The number of aromatic nitrogens is 4. The molecule has 0 spiro atoms. The topological polar surface area (TPSA) is 104 Å². The van der Waals surface area contributed by atoms with Crippen molar-refractivity contribution in [3.8, 4) is 11.8 Å². The Hall–Kier alpha value is -4.20. The molecule has 4 fully saturated rings. The zero-order chi connectivity index (χ0) is 31.4. The molecule has 46 heavy (non-hydrogen) atoms. The molecule has 2 aromatic carbocycles. The first-order valence-electron chi connectivity index (χ1n) is 17.0. The van der Waals surface area contributed by atoms with Crippen molar-refractivity contribution in [2.75, 3.05) is 40.3 Å². The number of nitrogens with zero attached hydrogens (tertiary/aromatic N) is 6. The number of likely N-dealkylation sites (tertiary alicyclic amines) is 4. The normalized spacial score (nSPS) is 25.6. The fourth-order valence-corrected chi connectivity index (χ4v) is 8.13. The van der Waals surface area contributed by atoms with Crippen LogP contribution in [0.15, 0.2) is 36.4 Å². The number of fused-ring (bicyclic) bond motifs is 2. The Balaban J connectivity index is 0.990. The number of carbonyl (C=O) groups excluding carboxylic acids is 2. The number of hydrogen-bond donors (Lipinski definition) is 2. The highest BCUT2D eigenvalue weighted by molar-refractivity contribution is 5.84. The van der Waals surface area contributed by atoms with Crippen LogP contribution in [0.1, 0.15) is 86.2 Å². The van der Waals surface area contributed by atoms with Crippen molar-refractivity contribution in [2.24, 2.45) is 0 Å². The molecular formula is C36H42N8O2. The number of nitrogens with one attached hydrogen (secondary N) is 2. The molecule has 0 saturated carbocycles. The Morgan fingerprint density at radius 1 is 0.652 bits per heavy atom. The third-order valence-electron chi connectivity index (χ3n) is 10.7. The van der Waals surface area contributed by atoms with Crippen molar-refractivity contribution in [3.63, 3.8) is 0 Å². The largest absolute Gasteiger partial charge is 0.340 e. The maximum absolute atomic E-state index is 13.4. The van der Waals surface area contributed by atoms with Gasteiger partial charge in [0, 0.05) is 24.2 Å².